The van der Waals surface area contributed by atoms with Crippen molar-refractivity contribution in [3.05, 3.63) is 77.9 Å². The lowest BCUT2D eigenvalue weighted by Crippen LogP contribution is -2.58. The van der Waals surface area contributed by atoms with E-state index in [0.717, 1.165) is 38.1 Å². The molecule has 1 atom stereocenters. The summed E-state index contributed by atoms with van der Waals surface area (Å²) in [7, 11) is 2.19. The number of likely N-dealkylation sites (tertiary alicyclic amines) is 1. The van der Waals surface area contributed by atoms with Crippen molar-refractivity contribution in [3.63, 3.8) is 0 Å². The van der Waals surface area contributed by atoms with Gasteiger partial charge in [0.2, 0.25) is 5.72 Å². The molecule has 146 valence electrons. The van der Waals surface area contributed by atoms with Crippen LogP contribution in [0.15, 0.2) is 71.8 Å². The Labute approximate surface area is 171 Å². The number of hydrogen-bond acceptors (Lipinski definition) is 4. The molecule has 4 nitrogen and oxygen atoms in total. The molecule has 0 bridgehead atoms. The lowest BCUT2D eigenvalue weighted by molar-refractivity contribution is -0.147. The van der Waals surface area contributed by atoms with Crippen molar-refractivity contribution in [1.82, 2.24) is 9.91 Å². The van der Waals surface area contributed by atoms with Crippen LogP contribution in [-0.2, 0) is 0 Å². The Balaban J connectivity index is 1.48. The molecule has 0 unspecified atom stereocenters. The Morgan fingerprint density at radius 2 is 1.69 bits per heavy atom. The standard InChI is InChI=1S/C25H25N3O/c1-27-15-13-25(14-16-27)28-23(21-10-4-5-12-24(21)29-25)17-22(26-28)20-11-6-8-18-7-2-3-9-19(18)20/h2-12,23H,13-17H2,1H3/t23-/m1/s1. The maximum Gasteiger partial charge on any atom is 0.200 e. The second-order valence-electron chi connectivity index (χ2n) is 8.53. The van der Waals surface area contributed by atoms with Crippen LogP contribution >= 0.6 is 0 Å². The Bertz CT molecular complexity index is 1110. The number of hydrazone groups is 1. The summed E-state index contributed by atoms with van der Waals surface area (Å²) in [6.07, 6.45) is 2.87. The number of nitrogens with zero attached hydrogens (tertiary/aromatic N) is 3. The van der Waals surface area contributed by atoms with Gasteiger partial charge in [0, 0.05) is 43.5 Å². The largest absolute Gasteiger partial charge is 0.466 e. The summed E-state index contributed by atoms with van der Waals surface area (Å²) in [5.41, 5.74) is 3.34. The SMILES string of the molecule is CN1CCC2(CC1)Oc1ccccc1[C@H]1CC(c3cccc4ccccc34)=NN12. The van der Waals surface area contributed by atoms with Crippen LogP contribution in [0.5, 0.6) is 5.75 Å². The summed E-state index contributed by atoms with van der Waals surface area (Å²) in [5, 5.41) is 10.1. The topological polar surface area (TPSA) is 28.1 Å². The molecule has 1 fully saturated rings. The van der Waals surface area contributed by atoms with Gasteiger partial charge in [-0.25, -0.2) is 5.01 Å². The van der Waals surface area contributed by atoms with Crippen molar-refractivity contribution in [2.24, 2.45) is 5.10 Å². The van der Waals surface area contributed by atoms with Crippen molar-refractivity contribution in [2.45, 2.75) is 31.0 Å². The lowest BCUT2D eigenvalue weighted by Gasteiger charge is -2.50. The third kappa shape index (κ3) is 2.59. The summed E-state index contributed by atoms with van der Waals surface area (Å²) in [4.78, 5) is 2.38. The molecule has 3 aliphatic heterocycles. The maximum absolute atomic E-state index is 6.69. The third-order valence-corrected chi connectivity index (χ3v) is 6.77. The summed E-state index contributed by atoms with van der Waals surface area (Å²) >= 11 is 0. The summed E-state index contributed by atoms with van der Waals surface area (Å²) in [5.74, 6) is 1.03. The number of piperidine rings is 1. The maximum atomic E-state index is 6.69. The highest BCUT2D eigenvalue weighted by molar-refractivity contribution is 6.11. The number of benzene rings is 3. The van der Waals surface area contributed by atoms with Gasteiger partial charge in [-0.1, -0.05) is 60.7 Å². The van der Waals surface area contributed by atoms with E-state index < -0.39 is 0 Å². The van der Waals surface area contributed by atoms with Crippen molar-refractivity contribution < 1.29 is 4.74 Å². The van der Waals surface area contributed by atoms with Gasteiger partial charge in [0.1, 0.15) is 5.75 Å². The van der Waals surface area contributed by atoms with E-state index in [-0.39, 0.29) is 11.8 Å². The molecule has 0 radical (unpaired) electrons. The van der Waals surface area contributed by atoms with Gasteiger partial charge in [0.15, 0.2) is 0 Å². The van der Waals surface area contributed by atoms with Gasteiger partial charge in [-0.05, 0) is 23.9 Å². The van der Waals surface area contributed by atoms with Gasteiger partial charge in [-0.3, -0.25) is 0 Å². The molecule has 1 spiro atoms. The van der Waals surface area contributed by atoms with Crippen molar-refractivity contribution in [3.8, 4) is 5.75 Å². The van der Waals surface area contributed by atoms with E-state index >= 15 is 0 Å². The van der Waals surface area contributed by atoms with Crippen molar-refractivity contribution >= 4 is 16.5 Å². The molecule has 6 rings (SSSR count). The zero-order valence-corrected chi connectivity index (χ0v) is 16.7. The Morgan fingerprint density at radius 1 is 0.931 bits per heavy atom. The molecule has 4 heteroatoms. The van der Waals surface area contributed by atoms with Crippen LogP contribution in [0.25, 0.3) is 10.8 Å². The fourth-order valence-corrected chi connectivity index (χ4v) is 5.17. The monoisotopic (exact) mass is 383 g/mol. The smallest absolute Gasteiger partial charge is 0.200 e. The fourth-order valence-electron chi connectivity index (χ4n) is 5.17. The van der Waals surface area contributed by atoms with E-state index in [9.17, 15) is 0 Å². The first-order valence-corrected chi connectivity index (χ1v) is 10.5. The Morgan fingerprint density at radius 3 is 2.59 bits per heavy atom. The highest BCUT2D eigenvalue weighted by Crippen LogP contribution is 2.50. The Kier molecular flexibility index (Phi) is 3.72. The zero-order chi connectivity index (χ0) is 19.4. The number of para-hydroxylation sites is 1. The summed E-state index contributed by atoms with van der Waals surface area (Å²) in [6.45, 7) is 2.06. The quantitative estimate of drug-likeness (QED) is 0.604. The highest BCUT2D eigenvalue weighted by atomic mass is 16.5. The molecule has 0 aromatic heterocycles. The van der Waals surface area contributed by atoms with Gasteiger partial charge in [-0.15, -0.1) is 0 Å². The molecule has 1 saturated heterocycles. The number of hydrogen-bond donors (Lipinski definition) is 0. The lowest BCUT2D eigenvalue weighted by atomic mass is 9.90. The minimum Gasteiger partial charge on any atom is -0.466 e. The zero-order valence-electron chi connectivity index (χ0n) is 16.7. The molecule has 3 heterocycles. The molecule has 3 aromatic carbocycles. The Hall–Kier alpha value is -2.85. The van der Waals surface area contributed by atoms with E-state index in [1.165, 1.54) is 27.6 Å². The number of rotatable bonds is 1. The van der Waals surface area contributed by atoms with Crippen LogP contribution in [0.2, 0.25) is 0 Å². The highest BCUT2D eigenvalue weighted by Gasteiger charge is 2.51. The molecule has 29 heavy (non-hydrogen) atoms. The minimum absolute atomic E-state index is 0.248. The van der Waals surface area contributed by atoms with Crippen LogP contribution in [0.3, 0.4) is 0 Å². The molecular weight excluding hydrogens is 358 g/mol. The first kappa shape index (κ1) is 17.0. The molecule has 0 N–H and O–H groups in total. The van der Waals surface area contributed by atoms with E-state index in [0.29, 0.717) is 0 Å². The molecule has 3 aromatic rings. The van der Waals surface area contributed by atoms with Crippen molar-refractivity contribution in [1.29, 1.82) is 0 Å². The number of fused-ring (bicyclic) bond motifs is 5. The second kappa shape index (κ2) is 6.33. The van der Waals surface area contributed by atoms with Crippen LogP contribution < -0.4 is 4.74 Å². The van der Waals surface area contributed by atoms with E-state index in [1.807, 2.05) is 0 Å². The average molecular weight is 383 g/mol. The average Bonchev–Trinajstić information content (AvgIpc) is 3.22. The summed E-state index contributed by atoms with van der Waals surface area (Å²) < 4.78 is 6.69. The van der Waals surface area contributed by atoms with Gasteiger partial charge >= 0.3 is 0 Å². The number of ether oxygens (including phenoxy) is 1. The van der Waals surface area contributed by atoms with Crippen LogP contribution in [0, 0.1) is 0 Å². The molecule has 3 aliphatic rings. The first-order valence-electron chi connectivity index (χ1n) is 10.5. The predicted molar refractivity (Wildman–Crippen MR) is 116 cm³/mol. The molecule has 0 amide bonds. The van der Waals surface area contributed by atoms with Gasteiger partial charge in [0.25, 0.3) is 0 Å². The van der Waals surface area contributed by atoms with E-state index in [2.05, 4.69) is 83.7 Å². The van der Waals surface area contributed by atoms with Crippen LogP contribution in [-0.4, -0.2) is 41.5 Å². The van der Waals surface area contributed by atoms with Crippen LogP contribution in [0.1, 0.15) is 36.4 Å². The molecular formula is C25H25N3O. The fraction of sp³-hybridized carbons (Fsp3) is 0.320. The predicted octanol–water partition coefficient (Wildman–Crippen LogP) is 4.81. The van der Waals surface area contributed by atoms with Crippen molar-refractivity contribution in [2.75, 3.05) is 20.1 Å². The molecule has 0 aliphatic carbocycles. The van der Waals surface area contributed by atoms with E-state index in [1.54, 1.807) is 0 Å². The third-order valence-electron chi connectivity index (χ3n) is 6.77. The minimum atomic E-state index is -0.335. The first-order chi connectivity index (χ1) is 14.2. The second-order valence-corrected chi connectivity index (χ2v) is 8.53. The van der Waals surface area contributed by atoms with Gasteiger partial charge in [0.05, 0.1) is 11.8 Å². The van der Waals surface area contributed by atoms with Crippen LogP contribution in [0.4, 0.5) is 0 Å². The van der Waals surface area contributed by atoms with E-state index in [4.69, 9.17) is 9.84 Å². The van der Waals surface area contributed by atoms with Gasteiger partial charge in [-0.2, -0.15) is 5.10 Å². The molecule has 0 saturated carbocycles. The summed E-state index contributed by atoms with van der Waals surface area (Å²) in [6, 6.07) is 23.9. The van der Waals surface area contributed by atoms with Gasteiger partial charge < -0.3 is 9.64 Å². The normalized spacial score (nSPS) is 22.9.